The Labute approximate surface area is 125 Å². The molecule has 4 aliphatic carbocycles. The Morgan fingerprint density at radius 1 is 1.19 bits per heavy atom. The highest BCUT2D eigenvalue weighted by molar-refractivity contribution is 5.88. The van der Waals surface area contributed by atoms with Crippen LogP contribution < -0.4 is 10.6 Å². The van der Waals surface area contributed by atoms with Gasteiger partial charge in [0.1, 0.15) is 5.82 Å². The summed E-state index contributed by atoms with van der Waals surface area (Å²) in [7, 11) is 0. The van der Waals surface area contributed by atoms with Gasteiger partial charge >= 0.3 is 6.03 Å². The van der Waals surface area contributed by atoms with E-state index in [9.17, 15) is 4.79 Å². The van der Waals surface area contributed by atoms with E-state index in [0.29, 0.717) is 5.82 Å². The van der Waals surface area contributed by atoms with Crippen LogP contribution in [0.15, 0.2) is 18.3 Å². The van der Waals surface area contributed by atoms with Crippen molar-refractivity contribution in [2.45, 2.75) is 51.0 Å². The third-order valence-electron chi connectivity index (χ3n) is 5.57. The fraction of sp³-hybridized carbons (Fsp3) is 0.647. The predicted octanol–water partition coefficient (Wildman–Crippen LogP) is 3.48. The Morgan fingerprint density at radius 3 is 2.38 bits per heavy atom. The van der Waals surface area contributed by atoms with Crippen molar-refractivity contribution in [2.75, 3.05) is 5.32 Å². The number of pyridine rings is 1. The van der Waals surface area contributed by atoms with E-state index in [2.05, 4.69) is 15.6 Å². The molecule has 0 saturated heterocycles. The second-order valence-corrected chi connectivity index (χ2v) is 7.50. The van der Waals surface area contributed by atoms with Crippen LogP contribution in [0.25, 0.3) is 0 Å². The van der Waals surface area contributed by atoms with Gasteiger partial charge in [0.2, 0.25) is 0 Å². The summed E-state index contributed by atoms with van der Waals surface area (Å²) in [4.78, 5) is 16.5. The molecule has 0 unspecified atom stereocenters. The van der Waals surface area contributed by atoms with Crippen LogP contribution >= 0.6 is 0 Å². The van der Waals surface area contributed by atoms with Crippen LogP contribution in [-0.4, -0.2) is 16.6 Å². The number of anilines is 1. The quantitative estimate of drug-likeness (QED) is 0.874. The lowest BCUT2D eigenvalue weighted by atomic mass is 9.53. The summed E-state index contributed by atoms with van der Waals surface area (Å²) >= 11 is 0. The van der Waals surface area contributed by atoms with Gasteiger partial charge in [0, 0.05) is 11.7 Å². The molecule has 0 aliphatic heterocycles. The number of aryl methyl sites for hydroxylation is 1. The minimum Gasteiger partial charge on any atom is -0.332 e. The number of aromatic nitrogens is 1. The van der Waals surface area contributed by atoms with Crippen molar-refractivity contribution in [2.24, 2.45) is 17.8 Å². The van der Waals surface area contributed by atoms with Gasteiger partial charge in [-0.1, -0.05) is 0 Å². The first-order valence-electron chi connectivity index (χ1n) is 8.12. The van der Waals surface area contributed by atoms with E-state index >= 15 is 0 Å². The highest BCUT2D eigenvalue weighted by Gasteiger charge is 2.51. The average molecular weight is 285 g/mol. The summed E-state index contributed by atoms with van der Waals surface area (Å²) in [5.74, 6) is 3.16. The topological polar surface area (TPSA) is 54.0 Å². The number of rotatable bonds is 2. The van der Waals surface area contributed by atoms with Gasteiger partial charge < -0.3 is 5.32 Å². The molecule has 0 atom stereocenters. The average Bonchev–Trinajstić information content (AvgIpc) is 2.35. The summed E-state index contributed by atoms with van der Waals surface area (Å²) in [5, 5.41) is 6.20. The van der Waals surface area contributed by atoms with E-state index in [1.165, 1.54) is 38.5 Å². The number of hydrogen-bond acceptors (Lipinski definition) is 2. The summed E-state index contributed by atoms with van der Waals surface area (Å²) in [5.41, 5.74) is 1.16. The highest BCUT2D eigenvalue weighted by atomic mass is 16.2. The predicted molar refractivity (Wildman–Crippen MR) is 82.0 cm³/mol. The number of hydrogen-bond donors (Lipinski definition) is 2. The second-order valence-electron chi connectivity index (χ2n) is 7.50. The molecule has 5 rings (SSSR count). The Balaban J connectivity index is 1.45. The van der Waals surface area contributed by atoms with Crippen molar-refractivity contribution >= 4 is 11.8 Å². The number of carbonyl (C=O) groups is 1. The lowest BCUT2D eigenvalue weighted by Gasteiger charge is -2.56. The fourth-order valence-electron chi connectivity index (χ4n) is 5.26. The molecular weight excluding hydrogens is 262 g/mol. The molecule has 2 N–H and O–H groups in total. The van der Waals surface area contributed by atoms with Crippen molar-refractivity contribution in [3.8, 4) is 0 Å². The molecule has 21 heavy (non-hydrogen) atoms. The summed E-state index contributed by atoms with van der Waals surface area (Å²) < 4.78 is 0. The monoisotopic (exact) mass is 285 g/mol. The highest BCUT2D eigenvalue weighted by Crippen LogP contribution is 2.55. The van der Waals surface area contributed by atoms with Crippen LogP contribution in [0.1, 0.15) is 44.1 Å². The zero-order chi connectivity index (χ0) is 14.4. The summed E-state index contributed by atoms with van der Waals surface area (Å²) in [6.07, 6.45) is 9.43. The molecule has 0 radical (unpaired) electrons. The van der Waals surface area contributed by atoms with Gasteiger partial charge in [-0.25, -0.2) is 9.78 Å². The van der Waals surface area contributed by atoms with Crippen molar-refractivity contribution in [3.63, 3.8) is 0 Å². The van der Waals surface area contributed by atoms with Crippen LogP contribution in [-0.2, 0) is 0 Å². The standard InChI is InChI=1S/C17H23N3O/c1-11-2-3-18-15(4-11)19-16(21)20-17-8-12-5-13(9-17)7-14(6-12)10-17/h2-4,12-14H,5-10H2,1H3,(H2,18,19,20,21). The van der Waals surface area contributed by atoms with E-state index in [1.54, 1.807) is 6.20 Å². The number of carbonyl (C=O) groups excluding carboxylic acids is 1. The third kappa shape index (κ3) is 2.52. The smallest absolute Gasteiger partial charge is 0.320 e. The van der Waals surface area contributed by atoms with Crippen LogP contribution in [0.3, 0.4) is 0 Å². The fourth-order valence-corrected chi connectivity index (χ4v) is 5.26. The van der Waals surface area contributed by atoms with Crippen LogP contribution in [0, 0.1) is 24.7 Å². The van der Waals surface area contributed by atoms with Crippen molar-refractivity contribution in [1.29, 1.82) is 0 Å². The molecule has 1 heterocycles. The SMILES string of the molecule is Cc1ccnc(NC(=O)NC23CC4CC(CC(C4)C2)C3)c1. The van der Waals surface area contributed by atoms with Crippen molar-refractivity contribution in [1.82, 2.24) is 10.3 Å². The minimum absolute atomic E-state index is 0.0582. The van der Waals surface area contributed by atoms with Gasteiger partial charge in [0.15, 0.2) is 0 Å². The molecule has 4 heteroatoms. The molecule has 4 fully saturated rings. The minimum atomic E-state index is -0.0879. The molecule has 4 nitrogen and oxygen atoms in total. The Bertz CT molecular complexity index is 534. The maximum atomic E-state index is 12.3. The lowest BCUT2D eigenvalue weighted by Crippen LogP contribution is -2.60. The molecular formula is C17H23N3O. The molecule has 1 aromatic heterocycles. The molecule has 1 aromatic rings. The van der Waals surface area contributed by atoms with Crippen molar-refractivity contribution < 1.29 is 4.79 Å². The van der Waals surface area contributed by atoms with Crippen LogP contribution in [0.2, 0.25) is 0 Å². The van der Waals surface area contributed by atoms with Gasteiger partial charge in [0.05, 0.1) is 0 Å². The van der Waals surface area contributed by atoms with Gasteiger partial charge in [-0.05, 0) is 80.9 Å². The van der Waals surface area contributed by atoms with E-state index in [4.69, 9.17) is 0 Å². The largest absolute Gasteiger partial charge is 0.332 e. The first-order valence-corrected chi connectivity index (χ1v) is 8.12. The number of nitrogens with zero attached hydrogens (tertiary/aromatic N) is 1. The number of nitrogens with one attached hydrogen (secondary N) is 2. The van der Waals surface area contributed by atoms with Crippen LogP contribution in [0.5, 0.6) is 0 Å². The number of amides is 2. The zero-order valence-corrected chi connectivity index (χ0v) is 12.6. The molecule has 0 spiro atoms. The molecule has 2 amide bonds. The second kappa shape index (κ2) is 4.72. The third-order valence-corrected chi connectivity index (χ3v) is 5.57. The van der Waals surface area contributed by atoms with Gasteiger partial charge in [-0.2, -0.15) is 0 Å². The van der Waals surface area contributed by atoms with E-state index < -0.39 is 0 Å². The Kier molecular flexibility index (Phi) is 2.95. The maximum absolute atomic E-state index is 12.3. The number of urea groups is 1. The van der Waals surface area contributed by atoms with Gasteiger partial charge in [-0.15, -0.1) is 0 Å². The molecule has 0 aromatic carbocycles. The first kappa shape index (κ1) is 13.1. The molecule has 4 bridgehead atoms. The van der Waals surface area contributed by atoms with E-state index in [0.717, 1.165) is 23.3 Å². The summed E-state index contributed by atoms with van der Waals surface area (Å²) in [6, 6.07) is 3.75. The maximum Gasteiger partial charge on any atom is 0.320 e. The van der Waals surface area contributed by atoms with E-state index in [1.807, 2.05) is 19.1 Å². The molecule has 112 valence electrons. The summed E-state index contributed by atoms with van der Waals surface area (Å²) in [6.45, 7) is 2.00. The molecule has 4 saturated carbocycles. The van der Waals surface area contributed by atoms with Crippen LogP contribution in [0.4, 0.5) is 10.6 Å². The zero-order valence-electron chi connectivity index (χ0n) is 12.6. The Hall–Kier alpha value is -1.58. The lowest BCUT2D eigenvalue weighted by molar-refractivity contribution is -0.0127. The first-order chi connectivity index (χ1) is 10.1. The normalized spacial score (nSPS) is 36.5. The van der Waals surface area contributed by atoms with Gasteiger partial charge in [0.25, 0.3) is 0 Å². The molecule has 4 aliphatic rings. The van der Waals surface area contributed by atoms with E-state index in [-0.39, 0.29) is 11.6 Å². The Morgan fingerprint density at radius 2 is 1.81 bits per heavy atom. The van der Waals surface area contributed by atoms with Gasteiger partial charge in [-0.3, -0.25) is 5.32 Å². The van der Waals surface area contributed by atoms with Crippen molar-refractivity contribution in [3.05, 3.63) is 23.9 Å².